The van der Waals surface area contributed by atoms with E-state index in [1.807, 2.05) is 29.2 Å². The van der Waals surface area contributed by atoms with E-state index in [1.54, 1.807) is 18.9 Å². The van der Waals surface area contributed by atoms with Crippen LogP contribution in [0.3, 0.4) is 0 Å². The van der Waals surface area contributed by atoms with Gasteiger partial charge in [-0.25, -0.2) is 0 Å². The zero-order valence-corrected chi connectivity index (χ0v) is 14.1. The fraction of sp³-hybridized carbons (Fsp3) is 0.533. The van der Waals surface area contributed by atoms with Crippen molar-refractivity contribution in [1.82, 2.24) is 4.90 Å². The van der Waals surface area contributed by atoms with Gasteiger partial charge in [-0.05, 0) is 50.1 Å². The topological polar surface area (TPSA) is 55.6 Å². The predicted octanol–water partition coefficient (Wildman–Crippen LogP) is 2.40. The van der Waals surface area contributed by atoms with Crippen LogP contribution < -0.4 is 10.5 Å². The van der Waals surface area contributed by atoms with Gasteiger partial charge in [0, 0.05) is 17.5 Å². The second-order valence-electron chi connectivity index (χ2n) is 5.20. The number of likely N-dealkylation sites (tertiary alicyclic amines) is 1. The summed E-state index contributed by atoms with van der Waals surface area (Å²) in [5.41, 5.74) is 5.70. The molecule has 1 fully saturated rings. The molecule has 1 aromatic rings. The summed E-state index contributed by atoms with van der Waals surface area (Å²) in [4.78, 5) is 15.3. The first-order valence-corrected chi connectivity index (χ1v) is 7.89. The van der Waals surface area contributed by atoms with Crippen LogP contribution in [0.5, 0.6) is 5.75 Å². The van der Waals surface area contributed by atoms with Crippen LogP contribution in [0.4, 0.5) is 0 Å². The SMILES string of the molecule is COc1ccc(SCC(=O)N2CC(CN)CC2C)cc1.Cl. The highest BCUT2D eigenvalue weighted by Gasteiger charge is 2.31. The molecule has 4 nitrogen and oxygen atoms in total. The highest BCUT2D eigenvalue weighted by atomic mass is 35.5. The molecule has 0 saturated carbocycles. The number of thioether (sulfide) groups is 1. The lowest BCUT2D eigenvalue weighted by Gasteiger charge is -2.21. The summed E-state index contributed by atoms with van der Waals surface area (Å²) in [7, 11) is 1.65. The average molecular weight is 331 g/mol. The molecular formula is C15H23ClN2O2S. The number of ether oxygens (including phenoxy) is 1. The minimum Gasteiger partial charge on any atom is -0.497 e. The summed E-state index contributed by atoms with van der Waals surface area (Å²) >= 11 is 1.57. The second kappa shape index (κ2) is 8.51. The normalized spacial score (nSPS) is 21.0. The Morgan fingerprint density at radius 3 is 2.62 bits per heavy atom. The molecule has 0 bridgehead atoms. The smallest absolute Gasteiger partial charge is 0.233 e. The molecule has 2 N–H and O–H groups in total. The fourth-order valence-corrected chi connectivity index (χ4v) is 3.35. The first kappa shape index (κ1) is 18.1. The van der Waals surface area contributed by atoms with Crippen molar-refractivity contribution >= 4 is 30.1 Å². The third kappa shape index (κ3) is 4.80. The van der Waals surface area contributed by atoms with Crippen molar-refractivity contribution in [2.45, 2.75) is 24.3 Å². The zero-order valence-electron chi connectivity index (χ0n) is 12.5. The average Bonchev–Trinajstić information content (AvgIpc) is 2.86. The number of hydrogen-bond donors (Lipinski definition) is 1. The predicted molar refractivity (Wildman–Crippen MR) is 89.3 cm³/mol. The van der Waals surface area contributed by atoms with Gasteiger partial charge >= 0.3 is 0 Å². The molecule has 2 unspecified atom stereocenters. The Bertz CT molecular complexity index is 455. The number of nitrogens with zero attached hydrogens (tertiary/aromatic N) is 1. The Hall–Kier alpha value is -0.910. The molecule has 1 amide bonds. The van der Waals surface area contributed by atoms with E-state index in [4.69, 9.17) is 10.5 Å². The number of rotatable bonds is 5. The lowest BCUT2D eigenvalue weighted by Crippen LogP contribution is -2.35. The molecule has 118 valence electrons. The Labute approximate surface area is 136 Å². The number of carbonyl (C=O) groups excluding carboxylic acids is 1. The molecule has 6 heteroatoms. The quantitative estimate of drug-likeness (QED) is 0.842. The number of nitrogens with two attached hydrogens (primary N) is 1. The van der Waals surface area contributed by atoms with Crippen molar-refractivity contribution in [3.05, 3.63) is 24.3 Å². The van der Waals surface area contributed by atoms with Gasteiger partial charge in [-0.15, -0.1) is 24.2 Å². The number of hydrogen-bond acceptors (Lipinski definition) is 4. The van der Waals surface area contributed by atoms with Crippen LogP contribution in [0.25, 0.3) is 0 Å². The number of halogens is 1. The third-order valence-electron chi connectivity index (χ3n) is 3.74. The number of benzene rings is 1. The van der Waals surface area contributed by atoms with Crippen molar-refractivity contribution < 1.29 is 9.53 Å². The second-order valence-corrected chi connectivity index (χ2v) is 6.25. The summed E-state index contributed by atoms with van der Waals surface area (Å²) < 4.78 is 5.12. The van der Waals surface area contributed by atoms with Gasteiger partial charge in [-0.1, -0.05) is 0 Å². The Kier molecular flexibility index (Phi) is 7.35. The van der Waals surface area contributed by atoms with Crippen LogP contribution in [0.2, 0.25) is 0 Å². The monoisotopic (exact) mass is 330 g/mol. The van der Waals surface area contributed by atoms with Gasteiger partial charge in [0.25, 0.3) is 0 Å². The van der Waals surface area contributed by atoms with Gasteiger partial charge in [-0.3, -0.25) is 4.79 Å². The summed E-state index contributed by atoms with van der Waals surface area (Å²) in [5, 5.41) is 0. The largest absolute Gasteiger partial charge is 0.497 e. The van der Waals surface area contributed by atoms with Gasteiger partial charge in [0.15, 0.2) is 0 Å². The molecule has 0 radical (unpaired) electrons. The molecule has 1 heterocycles. The maximum atomic E-state index is 12.3. The van der Waals surface area contributed by atoms with Gasteiger partial charge in [-0.2, -0.15) is 0 Å². The molecule has 0 aromatic heterocycles. The van der Waals surface area contributed by atoms with Crippen molar-refractivity contribution in [2.75, 3.05) is 26.0 Å². The summed E-state index contributed by atoms with van der Waals surface area (Å²) in [6.45, 7) is 3.57. The highest BCUT2D eigenvalue weighted by Crippen LogP contribution is 2.25. The lowest BCUT2D eigenvalue weighted by atomic mass is 10.1. The molecule has 1 saturated heterocycles. The Morgan fingerprint density at radius 1 is 1.43 bits per heavy atom. The van der Waals surface area contributed by atoms with E-state index in [0.29, 0.717) is 24.3 Å². The molecule has 0 aliphatic carbocycles. The maximum Gasteiger partial charge on any atom is 0.233 e. The fourth-order valence-electron chi connectivity index (χ4n) is 2.56. The highest BCUT2D eigenvalue weighted by molar-refractivity contribution is 8.00. The van der Waals surface area contributed by atoms with Crippen LogP contribution in [-0.2, 0) is 4.79 Å². The van der Waals surface area contributed by atoms with Crippen molar-refractivity contribution in [1.29, 1.82) is 0 Å². The zero-order chi connectivity index (χ0) is 14.5. The van der Waals surface area contributed by atoms with E-state index in [-0.39, 0.29) is 18.3 Å². The Balaban J connectivity index is 0.00000220. The molecule has 1 aromatic carbocycles. The summed E-state index contributed by atoms with van der Waals surface area (Å²) in [6.07, 6.45) is 1.02. The summed E-state index contributed by atoms with van der Waals surface area (Å²) in [6, 6.07) is 8.10. The van der Waals surface area contributed by atoms with E-state index < -0.39 is 0 Å². The number of amides is 1. The van der Waals surface area contributed by atoms with Gasteiger partial charge in [0.05, 0.1) is 12.9 Å². The van der Waals surface area contributed by atoms with Crippen molar-refractivity contribution in [3.63, 3.8) is 0 Å². The lowest BCUT2D eigenvalue weighted by molar-refractivity contribution is -0.128. The first-order valence-electron chi connectivity index (χ1n) is 6.90. The van der Waals surface area contributed by atoms with E-state index in [9.17, 15) is 4.79 Å². The number of methoxy groups -OCH3 is 1. The summed E-state index contributed by atoms with van der Waals surface area (Å²) in [5.74, 6) is 1.97. The van der Waals surface area contributed by atoms with Gasteiger partial charge in [0.1, 0.15) is 5.75 Å². The van der Waals surface area contributed by atoms with E-state index >= 15 is 0 Å². The van der Waals surface area contributed by atoms with E-state index in [1.165, 1.54) is 0 Å². The third-order valence-corrected chi connectivity index (χ3v) is 4.73. The Morgan fingerprint density at radius 2 is 2.10 bits per heavy atom. The van der Waals surface area contributed by atoms with E-state index in [0.717, 1.165) is 23.6 Å². The van der Waals surface area contributed by atoms with Crippen LogP contribution in [0, 0.1) is 5.92 Å². The van der Waals surface area contributed by atoms with E-state index in [2.05, 4.69) is 6.92 Å². The van der Waals surface area contributed by atoms with Gasteiger partial charge in [0.2, 0.25) is 5.91 Å². The van der Waals surface area contributed by atoms with Crippen LogP contribution in [-0.4, -0.2) is 42.8 Å². The molecule has 21 heavy (non-hydrogen) atoms. The minimum atomic E-state index is 0. The van der Waals surface area contributed by atoms with Crippen molar-refractivity contribution in [3.8, 4) is 5.75 Å². The van der Waals surface area contributed by atoms with Crippen LogP contribution >= 0.6 is 24.2 Å². The van der Waals surface area contributed by atoms with Crippen LogP contribution in [0.1, 0.15) is 13.3 Å². The molecule has 1 aliphatic rings. The van der Waals surface area contributed by atoms with Crippen molar-refractivity contribution in [2.24, 2.45) is 11.7 Å². The maximum absolute atomic E-state index is 12.3. The molecule has 2 atom stereocenters. The first-order chi connectivity index (χ1) is 9.63. The minimum absolute atomic E-state index is 0. The molecule has 2 rings (SSSR count). The van der Waals surface area contributed by atoms with Crippen LogP contribution in [0.15, 0.2) is 29.2 Å². The molecular weight excluding hydrogens is 308 g/mol. The number of carbonyl (C=O) groups is 1. The standard InChI is InChI=1S/C15H22N2O2S.ClH/c1-11-7-12(8-16)9-17(11)15(18)10-20-14-5-3-13(19-2)4-6-14;/h3-6,11-12H,7-10,16H2,1-2H3;1H. The van der Waals surface area contributed by atoms with Gasteiger partial charge < -0.3 is 15.4 Å². The molecule has 0 spiro atoms. The molecule has 1 aliphatic heterocycles.